The van der Waals surface area contributed by atoms with Crippen LogP contribution in [0.15, 0.2) is 82.8 Å². The minimum atomic E-state index is -3.82. The lowest BCUT2D eigenvalue weighted by atomic mass is 10.2. The number of hydrogen-bond acceptors (Lipinski definition) is 6. The number of benzene rings is 3. The fraction of sp³-hybridized carbons (Fsp3) is 0.0476. The molecule has 0 spiro atoms. The average molecular weight is 445 g/mol. The van der Waals surface area contributed by atoms with Crippen molar-refractivity contribution in [2.75, 3.05) is 7.11 Å². The predicted octanol–water partition coefficient (Wildman–Crippen LogP) is 3.88. The van der Waals surface area contributed by atoms with Crippen LogP contribution in [0.25, 0.3) is 0 Å². The SMILES string of the molecule is COc1ccc(C(=O)Oc2cccc(/C=N/NS(=O)(=O)c3ccc(Cl)cc3)c2)cc1. The van der Waals surface area contributed by atoms with E-state index in [0.29, 0.717) is 27.6 Å². The van der Waals surface area contributed by atoms with Gasteiger partial charge in [-0.3, -0.25) is 0 Å². The van der Waals surface area contributed by atoms with Crippen molar-refractivity contribution in [3.8, 4) is 11.5 Å². The molecule has 0 aliphatic heterocycles. The van der Waals surface area contributed by atoms with Gasteiger partial charge in [0.2, 0.25) is 0 Å². The molecule has 3 rings (SSSR count). The molecular weight excluding hydrogens is 428 g/mol. The van der Waals surface area contributed by atoms with E-state index < -0.39 is 16.0 Å². The summed E-state index contributed by atoms with van der Waals surface area (Å²) in [5.74, 6) is 0.390. The molecule has 3 aromatic carbocycles. The second-order valence-electron chi connectivity index (χ2n) is 6.00. The molecule has 0 saturated carbocycles. The van der Waals surface area contributed by atoms with Crippen molar-refractivity contribution in [2.45, 2.75) is 4.90 Å². The number of nitrogens with zero attached hydrogens (tertiary/aromatic N) is 1. The second-order valence-corrected chi connectivity index (χ2v) is 8.09. The lowest BCUT2D eigenvalue weighted by molar-refractivity contribution is 0.0734. The summed E-state index contributed by atoms with van der Waals surface area (Å²) in [4.78, 5) is 14.4. The first kappa shape index (κ1) is 21.4. The summed E-state index contributed by atoms with van der Waals surface area (Å²) in [5, 5.41) is 4.19. The number of halogens is 1. The molecule has 0 amide bonds. The van der Waals surface area contributed by atoms with Crippen LogP contribution in [0.2, 0.25) is 5.02 Å². The predicted molar refractivity (Wildman–Crippen MR) is 114 cm³/mol. The standard InChI is InChI=1S/C21H17ClN2O5S/c1-28-18-9-5-16(6-10-18)21(25)29-19-4-2-3-15(13-19)14-23-24-30(26,27)20-11-7-17(22)8-12-20/h2-14,24H,1H3/b23-14+. The first-order valence-corrected chi connectivity index (χ1v) is 10.5. The Morgan fingerprint density at radius 3 is 2.37 bits per heavy atom. The summed E-state index contributed by atoms with van der Waals surface area (Å²) in [6.45, 7) is 0. The van der Waals surface area contributed by atoms with Crippen LogP contribution in [0, 0.1) is 0 Å². The number of carbonyl (C=O) groups is 1. The molecule has 0 saturated heterocycles. The van der Waals surface area contributed by atoms with Gasteiger partial charge in [0, 0.05) is 5.02 Å². The van der Waals surface area contributed by atoms with E-state index in [2.05, 4.69) is 9.93 Å². The van der Waals surface area contributed by atoms with Crippen molar-refractivity contribution in [2.24, 2.45) is 5.10 Å². The van der Waals surface area contributed by atoms with Gasteiger partial charge in [0.15, 0.2) is 0 Å². The zero-order valence-corrected chi connectivity index (χ0v) is 17.4. The maximum Gasteiger partial charge on any atom is 0.343 e. The van der Waals surface area contributed by atoms with E-state index in [1.807, 2.05) is 0 Å². The van der Waals surface area contributed by atoms with Crippen LogP contribution in [-0.4, -0.2) is 27.7 Å². The fourth-order valence-electron chi connectivity index (χ4n) is 2.39. The highest BCUT2D eigenvalue weighted by Gasteiger charge is 2.12. The molecule has 0 atom stereocenters. The third-order valence-corrected chi connectivity index (χ3v) is 5.40. The number of hydrogen-bond donors (Lipinski definition) is 1. The number of esters is 1. The number of ether oxygens (including phenoxy) is 2. The largest absolute Gasteiger partial charge is 0.497 e. The van der Waals surface area contributed by atoms with Gasteiger partial charge in [-0.15, -0.1) is 0 Å². The topological polar surface area (TPSA) is 94.1 Å². The molecule has 7 nitrogen and oxygen atoms in total. The van der Waals surface area contributed by atoms with Gasteiger partial charge in [0.1, 0.15) is 11.5 Å². The first-order chi connectivity index (χ1) is 14.4. The van der Waals surface area contributed by atoms with Gasteiger partial charge in [-0.25, -0.2) is 9.63 Å². The summed E-state index contributed by atoms with van der Waals surface area (Å²) in [6.07, 6.45) is 1.30. The monoisotopic (exact) mass is 444 g/mol. The molecule has 1 N–H and O–H groups in total. The van der Waals surface area contributed by atoms with Crippen molar-refractivity contribution >= 4 is 33.8 Å². The van der Waals surface area contributed by atoms with E-state index in [1.165, 1.54) is 37.6 Å². The normalized spacial score (nSPS) is 11.3. The van der Waals surface area contributed by atoms with Crippen molar-refractivity contribution in [1.82, 2.24) is 4.83 Å². The van der Waals surface area contributed by atoms with Crippen LogP contribution < -0.4 is 14.3 Å². The van der Waals surface area contributed by atoms with Crippen molar-refractivity contribution < 1.29 is 22.7 Å². The van der Waals surface area contributed by atoms with Crippen LogP contribution in [0.5, 0.6) is 11.5 Å². The third-order valence-electron chi connectivity index (χ3n) is 3.90. The molecule has 0 heterocycles. The lowest BCUT2D eigenvalue weighted by Gasteiger charge is -2.06. The average Bonchev–Trinajstić information content (AvgIpc) is 2.74. The zero-order valence-electron chi connectivity index (χ0n) is 15.8. The molecule has 0 radical (unpaired) electrons. The molecular formula is C21H17ClN2O5S. The lowest BCUT2D eigenvalue weighted by Crippen LogP contribution is -2.18. The van der Waals surface area contributed by atoms with Gasteiger partial charge in [0.05, 0.1) is 23.8 Å². The Hall–Kier alpha value is -3.36. The maximum absolute atomic E-state index is 12.3. The fourth-order valence-corrected chi connectivity index (χ4v) is 3.31. The van der Waals surface area contributed by atoms with Gasteiger partial charge in [-0.2, -0.15) is 13.5 Å². The molecule has 30 heavy (non-hydrogen) atoms. The van der Waals surface area contributed by atoms with Crippen LogP contribution in [-0.2, 0) is 10.0 Å². The van der Waals surface area contributed by atoms with Gasteiger partial charge in [-0.1, -0.05) is 23.7 Å². The highest BCUT2D eigenvalue weighted by atomic mass is 35.5. The minimum Gasteiger partial charge on any atom is -0.497 e. The van der Waals surface area contributed by atoms with Crippen LogP contribution in [0.1, 0.15) is 15.9 Å². The smallest absolute Gasteiger partial charge is 0.343 e. The summed E-state index contributed by atoms with van der Waals surface area (Å²) < 4.78 is 34.8. The van der Waals surface area contributed by atoms with Gasteiger partial charge >= 0.3 is 5.97 Å². The Balaban J connectivity index is 1.66. The second kappa shape index (κ2) is 9.43. The summed E-state index contributed by atoms with van der Waals surface area (Å²) in [5.41, 5.74) is 0.902. The number of sulfonamides is 1. The van der Waals surface area contributed by atoms with E-state index >= 15 is 0 Å². The summed E-state index contributed by atoms with van der Waals surface area (Å²) in [6, 6.07) is 18.7. The molecule has 0 aromatic heterocycles. The summed E-state index contributed by atoms with van der Waals surface area (Å²) >= 11 is 5.76. The van der Waals surface area contributed by atoms with E-state index in [4.69, 9.17) is 21.1 Å². The van der Waals surface area contributed by atoms with E-state index in [-0.39, 0.29) is 4.90 Å². The van der Waals surface area contributed by atoms with E-state index in [9.17, 15) is 13.2 Å². The van der Waals surface area contributed by atoms with Crippen molar-refractivity contribution in [1.29, 1.82) is 0 Å². The first-order valence-electron chi connectivity index (χ1n) is 8.64. The number of nitrogens with one attached hydrogen (secondary N) is 1. The van der Waals surface area contributed by atoms with E-state index in [0.717, 1.165) is 0 Å². The van der Waals surface area contributed by atoms with Crippen LogP contribution in [0.3, 0.4) is 0 Å². The number of hydrazone groups is 1. The van der Waals surface area contributed by atoms with Gasteiger partial charge in [-0.05, 0) is 66.2 Å². The minimum absolute atomic E-state index is 0.0335. The molecule has 0 aliphatic rings. The Kier molecular flexibility index (Phi) is 6.71. The number of rotatable bonds is 7. The van der Waals surface area contributed by atoms with Crippen LogP contribution in [0.4, 0.5) is 0 Å². The number of methoxy groups -OCH3 is 1. The molecule has 154 valence electrons. The molecule has 0 bridgehead atoms. The Morgan fingerprint density at radius 1 is 1.00 bits per heavy atom. The maximum atomic E-state index is 12.3. The molecule has 9 heteroatoms. The quantitative estimate of drug-likeness (QED) is 0.258. The molecule has 0 unspecified atom stereocenters. The Labute approximate surface area is 179 Å². The third kappa shape index (κ3) is 5.59. The van der Waals surface area contributed by atoms with Gasteiger partial charge in [0.25, 0.3) is 10.0 Å². The van der Waals surface area contributed by atoms with Crippen molar-refractivity contribution in [3.05, 3.63) is 88.9 Å². The van der Waals surface area contributed by atoms with Gasteiger partial charge < -0.3 is 9.47 Å². The zero-order chi connectivity index (χ0) is 21.6. The Bertz CT molecular complexity index is 1160. The highest BCUT2D eigenvalue weighted by molar-refractivity contribution is 7.89. The Morgan fingerprint density at radius 2 is 1.70 bits per heavy atom. The summed E-state index contributed by atoms with van der Waals surface area (Å²) in [7, 11) is -2.28. The molecule has 0 aliphatic carbocycles. The molecule has 0 fully saturated rings. The van der Waals surface area contributed by atoms with Crippen LogP contribution >= 0.6 is 11.6 Å². The number of carbonyl (C=O) groups excluding carboxylic acids is 1. The van der Waals surface area contributed by atoms with E-state index in [1.54, 1.807) is 48.5 Å². The molecule has 3 aromatic rings. The highest BCUT2D eigenvalue weighted by Crippen LogP contribution is 2.17. The van der Waals surface area contributed by atoms with Crippen molar-refractivity contribution in [3.63, 3.8) is 0 Å².